The Morgan fingerprint density at radius 1 is 1.07 bits per heavy atom. The maximum absolute atomic E-state index is 12.6. The molecule has 0 unspecified atom stereocenters. The average molecular weight is 426 g/mol. The van der Waals surface area contributed by atoms with Crippen LogP contribution < -0.4 is 19.1 Å². The summed E-state index contributed by atoms with van der Waals surface area (Å²) in [5, 5.41) is 0. The number of ether oxygens (including phenoxy) is 3. The highest BCUT2D eigenvalue weighted by molar-refractivity contribution is 7.91. The van der Waals surface area contributed by atoms with Gasteiger partial charge in [-0.15, -0.1) is 0 Å². The lowest BCUT2D eigenvalue weighted by Crippen LogP contribution is -3.18. The van der Waals surface area contributed by atoms with Gasteiger partial charge in [0.15, 0.2) is 21.3 Å². The molecule has 3 rings (SSSR count). The molecule has 1 amide bonds. The van der Waals surface area contributed by atoms with Gasteiger partial charge in [-0.05, 0) is 12.1 Å². The van der Waals surface area contributed by atoms with Crippen LogP contribution in [0, 0.1) is 0 Å². The zero-order valence-electron chi connectivity index (χ0n) is 17.1. The first-order chi connectivity index (χ1) is 13.9. The monoisotopic (exact) mass is 425 g/mol. The van der Waals surface area contributed by atoms with Crippen LogP contribution in [0.1, 0.15) is 12.0 Å². The minimum Gasteiger partial charge on any atom is -0.496 e. The predicted octanol–water partition coefficient (Wildman–Crippen LogP) is -0.360. The number of nitrogens with zero attached hydrogens (tertiary/aromatic N) is 1. The molecule has 2 heterocycles. The number of piperazine rings is 1. The highest BCUT2D eigenvalue weighted by atomic mass is 32.2. The fourth-order valence-corrected chi connectivity index (χ4v) is 5.81. The number of nitrogens with one attached hydrogen (secondary N) is 1. The molecule has 1 N–H and O–H groups in total. The number of carbonyl (C=O) groups excluding carboxylic acids is 1. The van der Waals surface area contributed by atoms with Crippen LogP contribution in [-0.2, 0) is 14.6 Å². The second kappa shape index (κ2) is 9.04. The molecule has 2 fully saturated rings. The van der Waals surface area contributed by atoms with E-state index in [-0.39, 0.29) is 17.7 Å². The molecule has 2 saturated heterocycles. The van der Waals surface area contributed by atoms with E-state index in [0.29, 0.717) is 36.1 Å². The molecule has 0 spiro atoms. The van der Waals surface area contributed by atoms with E-state index in [9.17, 15) is 13.2 Å². The third-order valence-corrected chi connectivity index (χ3v) is 7.44. The normalized spacial score (nSPS) is 22.0. The van der Waals surface area contributed by atoms with Gasteiger partial charge in [0.2, 0.25) is 5.91 Å². The third-order valence-electron chi connectivity index (χ3n) is 5.67. The molecule has 2 aliphatic heterocycles. The molecule has 1 aromatic carbocycles. The van der Waals surface area contributed by atoms with Gasteiger partial charge in [0.1, 0.15) is 17.5 Å². The van der Waals surface area contributed by atoms with Crippen LogP contribution in [0.15, 0.2) is 18.2 Å². The van der Waals surface area contributed by atoms with Crippen LogP contribution in [0.2, 0.25) is 0 Å². The topological polar surface area (TPSA) is 86.6 Å². The predicted molar refractivity (Wildman–Crippen MR) is 109 cm³/mol. The van der Waals surface area contributed by atoms with Crippen LogP contribution in [0.5, 0.6) is 17.2 Å². The molecule has 0 radical (unpaired) electrons. The number of methoxy groups -OCH3 is 3. The molecule has 9 heteroatoms. The van der Waals surface area contributed by atoms with E-state index in [1.807, 2.05) is 0 Å². The van der Waals surface area contributed by atoms with Crippen molar-refractivity contribution in [3.63, 3.8) is 0 Å². The molecule has 0 aliphatic carbocycles. The van der Waals surface area contributed by atoms with Crippen molar-refractivity contribution in [3.8, 4) is 17.2 Å². The SMILES string of the molecule is COc1cc(OC)c(OC)cc1/C=C/C(=O)N1CC[NH+]([C@H]2CCS(=O)(=O)C2)CC1. The molecular formula is C20H29N2O6S+. The molecule has 0 aromatic heterocycles. The van der Waals surface area contributed by atoms with Gasteiger partial charge in [0.05, 0.1) is 53.3 Å². The summed E-state index contributed by atoms with van der Waals surface area (Å²) in [5.74, 6) is 2.20. The number of hydrogen-bond acceptors (Lipinski definition) is 6. The van der Waals surface area contributed by atoms with Gasteiger partial charge in [-0.1, -0.05) is 0 Å². The number of sulfone groups is 1. The van der Waals surface area contributed by atoms with Crippen LogP contribution >= 0.6 is 0 Å². The Balaban J connectivity index is 1.62. The Kier molecular flexibility index (Phi) is 6.69. The lowest BCUT2D eigenvalue weighted by molar-refractivity contribution is -0.925. The van der Waals surface area contributed by atoms with Gasteiger partial charge in [-0.25, -0.2) is 8.42 Å². The van der Waals surface area contributed by atoms with Crippen LogP contribution in [0.4, 0.5) is 0 Å². The fraction of sp³-hybridized carbons (Fsp3) is 0.550. The minimum absolute atomic E-state index is 0.0695. The van der Waals surface area contributed by atoms with E-state index < -0.39 is 9.84 Å². The van der Waals surface area contributed by atoms with E-state index in [1.165, 1.54) is 11.0 Å². The van der Waals surface area contributed by atoms with E-state index >= 15 is 0 Å². The van der Waals surface area contributed by atoms with Crippen molar-refractivity contribution in [2.45, 2.75) is 12.5 Å². The fourth-order valence-electron chi connectivity index (χ4n) is 3.99. The summed E-state index contributed by atoms with van der Waals surface area (Å²) in [6.45, 7) is 2.80. The average Bonchev–Trinajstić information content (AvgIpc) is 3.11. The Hall–Kier alpha value is -2.26. The highest BCUT2D eigenvalue weighted by Gasteiger charge is 2.37. The van der Waals surface area contributed by atoms with Crippen molar-refractivity contribution in [1.29, 1.82) is 0 Å². The number of carbonyl (C=O) groups is 1. The standard InChI is InChI=1S/C20H28N2O6S/c1-26-17-13-19(28-3)18(27-2)12-15(17)4-5-20(23)22-9-7-21(8-10-22)16-6-11-29(24,25)14-16/h4-5,12-13,16H,6-11,14H2,1-3H3/p+1/b5-4+/t16-/m0/s1. The van der Waals surface area contributed by atoms with Crippen LogP contribution in [0.3, 0.4) is 0 Å². The highest BCUT2D eigenvalue weighted by Crippen LogP contribution is 2.35. The second-order valence-electron chi connectivity index (χ2n) is 7.37. The first-order valence-electron chi connectivity index (χ1n) is 9.69. The molecular weight excluding hydrogens is 396 g/mol. The van der Waals surface area contributed by atoms with Gasteiger partial charge >= 0.3 is 0 Å². The van der Waals surface area contributed by atoms with Gasteiger partial charge in [0, 0.05) is 24.1 Å². The van der Waals surface area contributed by atoms with Crippen molar-refractivity contribution >= 4 is 21.8 Å². The quantitative estimate of drug-likeness (QED) is 0.627. The summed E-state index contributed by atoms with van der Waals surface area (Å²) in [5.41, 5.74) is 0.721. The number of rotatable bonds is 6. The van der Waals surface area contributed by atoms with E-state index in [0.717, 1.165) is 25.1 Å². The molecule has 0 saturated carbocycles. The smallest absolute Gasteiger partial charge is 0.246 e. The van der Waals surface area contributed by atoms with E-state index in [4.69, 9.17) is 14.2 Å². The van der Waals surface area contributed by atoms with Crippen LogP contribution in [0.25, 0.3) is 6.08 Å². The summed E-state index contributed by atoms with van der Waals surface area (Å²) in [6, 6.07) is 3.66. The van der Waals surface area contributed by atoms with Crippen molar-refractivity contribution in [2.75, 3.05) is 59.0 Å². The Bertz CT molecular complexity index is 875. The van der Waals surface area contributed by atoms with Gasteiger partial charge in [0.25, 0.3) is 0 Å². The zero-order valence-corrected chi connectivity index (χ0v) is 18.0. The lowest BCUT2D eigenvalue weighted by Gasteiger charge is -2.34. The number of hydrogen-bond donors (Lipinski definition) is 1. The summed E-state index contributed by atoms with van der Waals surface area (Å²) in [6.07, 6.45) is 3.98. The molecule has 8 nitrogen and oxygen atoms in total. The number of quaternary nitrogens is 1. The van der Waals surface area contributed by atoms with E-state index in [1.54, 1.807) is 44.4 Å². The Morgan fingerprint density at radius 3 is 2.24 bits per heavy atom. The number of amides is 1. The summed E-state index contributed by atoms with van der Waals surface area (Å²) in [7, 11) is 1.80. The lowest BCUT2D eigenvalue weighted by atomic mass is 10.1. The minimum atomic E-state index is -2.87. The second-order valence-corrected chi connectivity index (χ2v) is 9.59. The number of benzene rings is 1. The molecule has 1 atom stereocenters. The zero-order chi connectivity index (χ0) is 21.0. The van der Waals surface area contributed by atoms with Gasteiger partial charge in [-0.2, -0.15) is 0 Å². The molecule has 1 aromatic rings. The van der Waals surface area contributed by atoms with Gasteiger partial charge < -0.3 is 24.0 Å². The molecule has 0 bridgehead atoms. The van der Waals surface area contributed by atoms with Gasteiger partial charge in [-0.3, -0.25) is 4.79 Å². The summed E-state index contributed by atoms with van der Waals surface area (Å²) >= 11 is 0. The Labute approximate surface area is 171 Å². The summed E-state index contributed by atoms with van der Waals surface area (Å²) in [4.78, 5) is 15.7. The van der Waals surface area contributed by atoms with Crippen molar-refractivity contribution in [1.82, 2.24) is 4.90 Å². The van der Waals surface area contributed by atoms with Crippen molar-refractivity contribution < 1.29 is 32.3 Å². The molecule has 160 valence electrons. The van der Waals surface area contributed by atoms with E-state index in [2.05, 4.69) is 0 Å². The van der Waals surface area contributed by atoms with Crippen molar-refractivity contribution in [3.05, 3.63) is 23.8 Å². The maximum Gasteiger partial charge on any atom is 0.246 e. The third kappa shape index (κ3) is 5.02. The molecule has 29 heavy (non-hydrogen) atoms. The van der Waals surface area contributed by atoms with Crippen molar-refractivity contribution in [2.24, 2.45) is 0 Å². The first kappa shape index (κ1) is 21.4. The largest absolute Gasteiger partial charge is 0.496 e. The maximum atomic E-state index is 12.6. The van der Waals surface area contributed by atoms with Crippen LogP contribution in [-0.4, -0.2) is 84.3 Å². The Morgan fingerprint density at radius 2 is 1.69 bits per heavy atom. The summed E-state index contributed by atoms with van der Waals surface area (Å²) < 4.78 is 39.4. The molecule has 2 aliphatic rings. The first-order valence-corrected chi connectivity index (χ1v) is 11.5.